The van der Waals surface area contributed by atoms with Crippen molar-refractivity contribution in [1.82, 2.24) is 4.98 Å². The number of amides is 1. The van der Waals surface area contributed by atoms with Crippen LogP contribution in [-0.2, 0) is 11.2 Å². The van der Waals surface area contributed by atoms with Crippen molar-refractivity contribution in [3.8, 4) is 11.5 Å². The number of aromatic nitrogens is 1. The monoisotopic (exact) mass is 461 g/mol. The molecular weight excluding hydrogens is 442 g/mol. The van der Waals surface area contributed by atoms with E-state index in [0.29, 0.717) is 22.3 Å². The zero-order valence-electron chi connectivity index (χ0n) is 15.7. The Hall–Kier alpha value is -2.58. The number of thiazole rings is 1. The highest BCUT2D eigenvalue weighted by molar-refractivity contribution is 9.10. The van der Waals surface area contributed by atoms with E-state index in [1.165, 1.54) is 11.3 Å². The molecule has 0 saturated carbocycles. The van der Waals surface area contributed by atoms with Gasteiger partial charge in [0.05, 0.1) is 32.0 Å². The van der Waals surface area contributed by atoms with Gasteiger partial charge in [0.1, 0.15) is 11.5 Å². The van der Waals surface area contributed by atoms with Crippen molar-refractivity contribution in [1.29, 1.82) is 0 Å². The Morgan fingerprint density at radius 3 is 2.71 bits per heavy atom. The molecule has 1 amide bonds. The number of hydrogen-bond donors (Lipinski definition) is 2. The molecule has 2 N–H and O–H groups in total. The molecule has 0 atom stereocenters. The third kappa shape index (κ3) is 5.02. The number of carbonyl (C=O) groups is 1. The zero-order chi connectivity index (χ0) is 20.1. The zero-order valence-corrected chi connectivity index (χ0v) is 18.1. The lowest BCUT2D eigenvalue weighted by atomic mass is 10.2. The van der Waals surface area contributed by atoms with Crippen LogP contribution in [0.4, 0.5) is 16.5 Å². The minimum atomic E-state index is -0.113. The second-order valence-electron chi connectivity index (χ2n) is 6.02. The number of hydrogen-bond acceptors (Lipinski definition) is 6. The summed E-state index contributed by atoms with van der Waals surface area (Å²) < 4.78 is 11.6. The van der Waals surface area contributed by atoms with Gasteiger partial charge in [-0.3, -0.25) is 4.79 Å². The molecular formula is C20H20BrN3O3S. The highest BCUT2D eigenvalue weighted by atomic mass is 79.9. The van der Waals surface area contributed by atoms with Gasteiger partial charge in [-0.05, 0) is 42.8 Å². The van der Waals surface area contributed by atoms with Crippen LogP contribution in [0.3, 0.4) is 0 Å². The Morgan fingerprint density at radius 1 is 1.18 bits per heavy atom. The summed E-state index contributed by atoms with van der Waals surface area (Å²) in [7, 11) is 3.22. The van der Waals surface area contributed by atoms with Crippen molar-refractivity contribution in [2.45, 2.75) is 13.3 Å². The Kier molecular flexibility index (Phi) is 6.53. The van der Waals surface area contributed by atoms with Gasteiger partial charge in [0.15, 0.2) is 5.13 Å². The molecule has 0 aliphatic rings. The molecule has 146 valence electrons. The fourth-order valence-corrected chi connectivity index (χ4v) is 3.53. The summed E-state index contributed by atoms with van der Waals surface area (Å²) in [4.78, 5) is 16.8. The van der Waals surface area contributed by atoms with Crippen molar-refractivity contribution >= 4 is 49.7 Å². The Balaban J connectivity index is 1.65. The van der Waals surface area contributed by atoms with Crippen LogP contribution in [0.5, 0.6) is 11.5 Å². The van der Waals surface area contributed by atoms with Crippen LogP contribution in [0.25, 0.3) is 0 Å². The minimum absolute atomic E-state index is 0.113. The number of carbonyl (C=O) groups excluding carboxylic acids is 1. The molecule has 0 aliphatic carbocycles. The number of aryl methyl sites for hydroxylation is 1. The topological polar surface area (TPSA) is 72.5 Å². The second kappa shape index (κ2) is 9.07. The Bertz CT molecular complexity index is 991. The van der Waals surface area contributed by atoms with Crippen molar-refractivity contribution in [2.24, 2.45) is 0 Å². The standard InChI is InChI=1S/C20H20BrN3O3S/c1-12-8-13(4-6-16(12)21)22-19(25)9-14-11-28-20(23-14)24-17-10-15(26-2)5-7-18(17)27-3/h4-8,10-11H,9H2,1-3H3,(H,22,25)(H,23,24). The Labute approximate surface area is 176 Å². The van der Waals surface area contributed by atoms with Gasteiger partial charge in [-0.2, -0.15) is 0 Å². The highest BCUT2D eigenvalue weighted by Crippen LogP contribution is 2.32. The normalized spacial score (nSPS) is 10.4. The number of halogens is 1. The van der Waals surface area contributed by atoms with Crippen molar-refractivity contribution in [3.63, 3.8) is 0 Å². The van der Waals surface area contributed by atoms with E-state index in [1.54, 1.807) is 14.2 Å². The highest BCUT2D eigenvalue weighted by Gasteiger charge is 2.11. The van der Waals surface area contributed by atoms with E-state index in [-0.39, 0.29) is 12.3 Å². The molecule has 1 aromatic heterocycles. The van der Waals surface area contributed by atoms with Gasteiger partial charge in [0, 0.05) is 21.6 Å². The van der Waals surface area contributed by atoms with Crippen molar-refractivity contribution < 1.29 is 14.3 Å². The fourth-order valence-electron chi connectivity index (χ4n) is 2.56. The molecule has 0 spiro atoms. The smallest absolute Gasteiger partial charge is 0.230 e. The lowest BCUT2D eigenvalue weighted by molar-refractivity contribution is -0.115. The molecule has 3 rings (SSSR count). The van der Waals surface area contributed by atoms with Gasteiger partial charge in [-0.25, -0.2) is 4.98 Å². The van der Waals surface area contributed by atoms with E-state index in [9.17, 15) is 4.79 Å². The maximum Gasteiger partial charge on any atom is 0.230 e. The van der Waals surface area contributed by atoms with Crippen LogP contribution in [0.2, 0.25) is 0 Å². The van der Waals surface area contributed by atoms with Gasteiger partial charge in [0.25, 0.3) is 0 Å². The first-order chi connectivity index (χ1) is 13.5. The third-order valence-corrected chi connectivity index (χ3v) is 5.68. The molecule has 1 heterocycles. The first-order valence-corrected chi connectivity index (χ1v) is 10.1. The second-order valence-corrected chi connectivity index (χ2v) is 7.74. The van der Waals surface area contributed by atoms with E-state index >= 15 is 0 Å². The minimum Gasteiger partial charge on any atom is -0.497 e. The molecule has 3 aromatic rings. The number of anilines is 3. The molecule has 28 heavy (non-hydrogen) atoms. The van der Waals surface area contributed by atoms with Crippen LogP contribution in [0.1, 0.15) is 11.3 Å². The average Bonchev–Trinajstić information content (AvgIpc) is 3.11. The lowest BCUT2D eigenvalue weighted by Gasteiger charge is -2.10. The van der Waals surface area contributed by atoms with Crippen LogP contribution in [-0.4, -0.2) is 25.1 Å². The van der Waals surface area contributed by atoms with Gasteiger partial charge < -0.3 is 20.1 Å². The van der Waals surface area contributed by atoms with Crippen molar-refractivity contribution in [2.75, 3.05) is 24.9 Å². The van der Waals surface area contributed by atoms with Crippen LogP contribution in [0, 0.1) is 6.92 Å². The van der Waals surface area contributed by atoms with Crippen LogP contribution < -0.4 is 20.1 Å². The first kappa shape index (κ1) is 20.2. The molecule has 0 bridgehead atoms. The number of ether oxygens (including phenoxy) is 2. The summed E-state index contributed by atoms with van der Waals surface area (Å²) in [5.41, 5.74) is 3.27. The summed E-state index contributed by atoms with van der Waals surface area (Å²) in [5.74, 6) is 1.28. The largest absolute Gasteiger partial charge is 0.497 e. The molecule has 0 radical (unpaired) electrons. The SMILES string of the molecule is COc1ccc(OC)c(Nc2nc(CC(=O)Nc3ccc(Br)c(C)c3)cs2)c1. The molecule has 2 aromatic carbocycles. The molecule has 0 unspecified atom stereocenters. The summed E-state index contributed by atoms with van der Waals surface area (Å²) in [6, 6.07) is 11.2. The number of rotatable bonds is 7. The molecule has 6 nitrogen and oxygen atoms in total. The quantitative estimate of drug-likeness (QED) is 0.508. The van der Waals surface area contributed by atoms with Gasteiger partial charge in [-0.15, -0.1) is 11.3 Å². The third-order valence-electron chi connectivity index (χ3n) is 3.98. The fraction of sp³-hybridized carbons (Fsp3) is 0.200. The van der Waals surface area contributed by atoms with Gasteiger partial charge >= 0.3 is 0 Å². The number of nitrogens with zero attached hydrogens (tertiary/aromatic N) is 1. The van der Waals surface area contributed by atoms with E-state index < -0.39 is 0 Å². The van der Waals surface area contributed by atoms with Crippen molar-refractivity contribution in [3.05, 3.63) is 57.5 Å². The number of nitrogens with one attached hydrogen (secondary N) is 2. The maximum atomic E-state index is 12.3. The Morgan fingerprint density at radius 2 is 2.00 bits per heavy atom. The van der Waals surface area contributed by atoms with E-state index in [1.807, 2.05) is 48.7 Å². The number of methoxy groups -OCH3 is 2. The molecule has 0 fully saturated rings. The summed E-state index contributed by atoms with van der Waals surface area (Å²) in [5, 5.41) is 8.66. The summed E-state index contributed by atoms with van der Waals surface area (Å²) in [6.07, 6.45) is 0.197. The average molecular weight is 462 g/mol. The lowest BCUT2D eigenvalue weighted by Crippen LogP contribution is -2.14. The summed E-state index contributed by atoms with van der Waals surface area (Å²) >= 11 is 4.88. The molecule has 8 heteroatoms. The summed E-state index contributed by atoms with van der Waals surface area (Å²) in [6.45, 7) is 1.98. The molecule has 0 aliphatic heterocycles. The van der Waals surface area contributed by atoms with Crippen LogP contribution >= 0.6 is 27.3 Å². The van der Waals surface area contributed by atoms with E-state index in [0.717, 1.165) is 21.4 Å². The van der Waals surface area contributed by atoms with Gasteiger partial charge in [-0.1, -0.05) is 15.9 Å². The predicted octanol–water partition coefficient (Wildman–Crippen LogP) is 5.16. The first-order valence-electron chi connectivity index (χ1n) is 8.48. The number of benzene rings is 2. The van der Waals surface area contributed by atoms with E-state index in [2.05, 4.69) is 31.5 Å². The predicted molar refractivity (Wildman–Crippen MR) is 116 cm³/mol. The molecule has 0 saturated heterocycles. The maximum absolute atomic E-state index is 12.3. The van der Waals surface area contributed by atoms with Gasteiger partial charge in [0.2, 0.25) is 5.91 Å². The van der Waals surface area contributed by atoms with E-state index in [4.69, 9.17) is 9.47 Å². The van der Waals surface area contributed by atoms with Crippen LogP contribution in [0.15, 0.2) is 46.3 Å².